The molecule has 1 amide bonds. The molecule has 1 aromatic carbocycles. The highest BCUT2D eigenvalue weighted by Crippen LogP contribution is 2.38. The number of rotatable bonds is 14. The van der Waals surface area contributed by atoms with Crippen LogP contribution in [0.3, 0.4) is 0 Å². The SMILES string of the molecule is CCCCNC(=O)C1C(O)CC2(O)CC(O)CC(O)CC(O)CC(O)CC(=O)CC(O)CC(=O)OC(C(C)CCC(O)CC(=O)c3ccc(NC)cc3)C(C)/C=C/C=C/C=C/C=C/C=C/C=C/C=C/C(O[C@@H]3O[C@H](C)[C@@H](O)[C@H](N)[C@@H]3O)CC1O2. The van der Waals surface area contributed by atoms with Gasteiger partial charge in [0.2, 0.25) is 5.91 Å². The molecule has 2 bridgehead atoms. The number of amides is 1. The molecule has 3 aliphatic heterocycles. The largest absolute Gasteiger partial charge is 0.461 e. The molecule has 2 fully saturated rings. The minimum atomic E-state index is -2.26. The van der Waals surface area contributed by atoms with Gasteiger partial charge < -0.3 is 86.4 Å². The van der Waals surface area contributed by atoms with Crippen molar-refractivity contribution in [1.29, 1.82) is 0 Å². The van der Waals surface area contributed by atoms with Gasteiger partial charge in [0.05, 0.1) is 85.5 Å². The van der Waals surface area contributed by atoms with Gasteiger partial charge in [0.25, 0.3) is 0 Å². The van der Waals surface area contributed by atoms with Crippen LogP contribution in [0, 0.1) is 17.8 Å². The van der Waals surface area contributed by atoms with E-state index >= 15 is 0 Å². The van der Waals surface area contributed by atoms with Gasteiger partial charge in [-0.2, -0.15) is 0 Å². The molecule has 14 N–H and O–H groups in total. The van der Waals surface area contributed by atoms with Crippen molar-refractivity contribution in [3.63, 3.8) is 0 Å². The second-order valence-electron chi connectivity index (χ2n) is 22.7. The number of nitrogens with one attached hydrogen (secondary N) is 2. The molecule has 19 atom stereocenters. The number of fused-ring (bicyclic) bond motifs is 2. The van der Waals surface area contributed by atoms with Crippen molar-refractivity contribution in [1.82, 2.24) is 5.32 Å². The van der Waals surface area contributed by atoms with Gasteiger partial charge in [-0.1, -0.05) is 112 Å². The van der Waals surface area contributed by atoms with E-state index in [9.17, 15) is 70.2 Å². The number of ketones is 2. The molecule has 4 rings (SSSR count). The number of benzene rings is 1. The fourth-order valence-corrected chi connectivity index (χ4v) is 10.6. The highest BCUT2D eigenvalue weighted by molar-refractivity contribution is 5.96. The van der Waals surface area contributed by atoms with E-state index < -0.39 is 160 Å². The summed E-state index contributed by atoms with van der Waals surface area (Å²) in [5, 5.41) is 116. The number of aliphatic hydroxyl groups excluding tert-OH is 9. The number of esters is 1. The molecule has 0 aromatic heterocycles. The summed E-state index contributed by atoms with van der Waals surface area (Å²) in [5.41, 5.74) is 7.44. The van der Waals surface area contributed by atoms with E-state index in [1.807, 2.05) is 26.8 Å². The monoisotopic (exact) mass is 1180 g/mol. The van der Waals surface area contributed by atoms with Gasteiger partial charge in [-0.3, -0.25) is 19.2 Å². The molecule has 3 heterocycles. The number of carbonyl (C=O) groups is 4. The van der Waals surface area contributed by atoms with Crippen molar-refractivity contribution >= 4 is 29.1 Å². The molecular weight excluding hydrogens is 1090 g/mol. The number of ether oxygens (including phenoxy) is 4. The van der Waals surface area contributed by atoms with Gasteiger partial charge in [0, 0.05) is 69.3 Å². The Balaban J connectivity index is 1.57. The molecule has 1 aromatic rings. The fraction of sp³-hybridized carbons (Fsp3) is 0.619. The highest BCUT2D eigenvalue weighted by atomic mass is 16.7. The topological polar surface area (TPSA) is 358 Å². The Morgan fingerprint density at radius 2 is 1.31 bits per heavy atom. The Hall–Kier alpha value is -5.08. The lowest BCUT2D eigenvalue weighted by Crippen LogP contribution is -2.62. The van der Waals surface area contributed by atoms with Crippen LogP contribution in [0.4, 0.5) is 5.69 Å². The van der Waals surface area contributed by atoms with Crippen LogP contribution in [0.1, 0.15) is 128 Å². The van der Waals surface area contributed by atoms with E-state index in [1.165, 1.54) is 0 Å². The number of allylic oxidation sites excluding steroid dienone is 12. The van der Waals surface area contributed by atoms with Crippen LogP contribution in [0.25, 0.3) is 0 Å². The zero-order valence-corrected chi connectivity index (χ0v) is 49.2. The number of hydrogen-bond acceptors (Lipinski definition) is 20. The van der Waals surface area contributed by atoms with Crippen LogP contribution >= 0.6 is 0 Å². The summed E-state index contributed by atoms with van der Waals surface area (Å²) in [5.74, 6) is -6.38. The normalized spacial score (nSPS) is 36.8. The van der Waals surface area contributed by atoms with Gasteiger partial charge in [0.1, 0.15) is 18.0 Å². The van der Waals surface area contributed by atoms with Crippen LogP contribution in [0.15, 0.2) is 109 Å². The third-order valence-corrected chi connectivity index (χ3v) is 15.2. The summed E-state index contributed by atoms with van der Waals surface area (Å²) < 4.78 is 24.3. The van der Waals surface area contributed by atoms with Crippen LogP contribution in [0.5, 0.6) is 0 Å². The lowest BCUT2D eigenvalue weighted by molar-refractivity contribution is -0.307. The molecule has 21 nitrogen and oxygen atoms in total. The summed E-state index contributed by atoms with van der Waals surface area (Å²) in [6.45, 7) is 7.51. The van der Waals surface area contributed by atoms with E-state index in [4.69, 9.17) is 24.7 Å². The second kappa shape index (κ2) is 36.8. The maximum Gasteiger partial charge on any atom is 0.308 e. The molecule has 2 saturated heterocycles. The lowest BCUT2D eigenvalue weighted by Gasteiger charge is -2.46. The number of anilines is 1. The third kappa shape index (κ3) is 25.1. The van der Waals surface area contributed by atoms with Crippen molar-refractivity contribution < 1.29 is 89.2 Å². The number of Topliss-reactive ketones (excluding diaryl/α,β-unsaturated/α-hetero) is 2. The number of aliphatic hydroxyl groups is 10. The molecule has 84 heavy (non-hydrogen) atoms. The van der Waals surface area contributed by atoms with Crippen LogP contribution < -0.4 is 16.4 Å². The maximum atomic E-state index is 13.7. The Morgan fingerprint density at radius 3 is 1.92 bits per heavy atom. The fourth-order valence-electron chi connectivity index (χ4n) is 10.6. The third-order valence-electron chi connectivity index (χ3n) is 15.2. The van der Waals surface area contributed by atoms with Crippen molar-refractivity contribution in [3.05, 3.63) is 115 Å². The lowest BCUT2D eigenvalue weighted by atomic mass is 9.82. The molecule has 0 saturated carbocycles. The smallest absolute Gasteiger partial charge is 0.308 e. The van der Waals surface area contributed by atoms with Crippen molar-refractivity contribution in [3.8, 4) is 0 Å². The Morgan fingerprint density at radius 1 is 0.738 bits per heavy atom. The van der Waals surface area contributed by atoms with Gasteiger partial charge in [-0.05, 0) is 75.6 Å². The average Bonchev–Trinajstić information content (AvgIpc) is 2.09. The van der Waals surface area contributed by atoms with Crippen molar-refractivity contribution in [2.45, 2.75) is 215 Å². The Kier molecular flexibility index (Phi) is 31.3. The van der Waals surface area contributed by atoms with Crippen molar-refractivity contribution in [2.75, 3.05) is 18.9 Å². The number of cyclic esters (lactones) is 1. The standard InChI is InChI=1S/C63H95N3O18/c1-6-7-28-66-61(79)56-53(75)38-63(80)37-50(73)33-48(71)31-46(69)29-45(68)30-47(70)32-49(72)35-55(76)83-60(40(3)22-27-44(67)34-52(74)42-23-25-43(65-5)26-24-42)39(2)20-18-16-14-12-10-8-9-11-13-15-17-19-21-51(36-54(56)84-63)82-62-59(78)57(64)58(77)41(4)81-62/h8-21,23-26,39-41,44-46,48-51,53-54,56-60,62,65,67-69,71-73,75,77-78,80H,6-7,22,27-38,64H2,1-5H3,(H,66,79)/b9-8+,12-10+,13-11+,16-14+,17-15+,20-18+,21-19+/t39?,40?,41-,44?,45?,46?,48?,49?,50?,51?,53?,54?,56?,57+,58-,59+,60?,62+,63?/m1/s1. The maximum absolute atomic E-state index is 13.7. The summed E-state index contributed by atoms with van der Waals surface area (Å²) in [4.78, 5) is 53.1. The Labute approximate surface area is 494 Å². The quantitative estimate of drug-likeness (QED) is 0.0719. The summed E-state index contributed by atoms with van der Waals surface area (Å²) in [7, 11) is 1.77. The zero-order chi connectivity index (χ0) is 61.9. The van der Waals surface area contributed by atoms with Gasteiger partial charge in [0.15, 0.2) is 17.9 Å². The van der Waals surface area contributed by atoms with Crippen molar-refractivity contribution in [2.24, 2.45) is 23.5 Å². The number of nitrogens with two attached hydrogens (primary N) is 1. The predicted molar refractivity (Wildman–Crippen MR) is 315 cm³/mol. The molecular formula is C63H95N3O18. The minimum Gasteiger partial charge on any atom is -0.461 e. The van der Waals surface area contributed by atoms with Gasteiger partial charge in [-0.25, -0.2) is 0 Å². The summed E-state index contributed by atoms with van der Waals surface area (Å²) in [6, 6.07) is 5.78. The molecule has 21 heteroatoms. The van der Waals surface area contributed by atoms with E-state index in [0.29, 0.717) is 24.9 Å². The van der Waals surface area contributed by atoms with Crippen LogP contribution in [-0.2, 0) is 33.3 Å². The van der Waals surface area contributed by atoms with E-state index in [-0.39, 0.29) is 49.7 Å². The molecule has 470 valence electrons. The first-order valence-electron chi connectivity index (χ1n) is 29.5. The average molecular weight is 1180 g/mol. The Bertz CT molecular complexity index is 2380. The highest BCUT2D eigenvalue weighted by Gasteiger charge is 2.51. The summed E-state index contributed by atoms with van der Waals surface area (Å²) >= 11 is 0. The van der Waals surface area contributed by atoms with E-state index in [1.54, 1.807) is 117 Å². The molecule has 14 unspecified atom stereocenters. The first-order chi connectivity index (χ1) is 39.9. The number of hydrogen-bond donors (Lipinski definition) is 13. The number of unbranched alkanes of at least 4 members (excludes halogenated alkanes) is 1. The summed E-state index contributed by atoms with van der Waals surface area (Å²) in [6.07, 6.45) is 4.95. The zero-order valence-electron chi connectivity index (χ0n) is 49.2. The van der Waals surface area contributed by atoms with Crippen LogP contribution in [-0.4, -0.2) is 186 Å². The molecule has 3 aliphatic rings. The molecule has 0 spiro atoms. The first kappa shape index (κ1) is 71.4. The first-order valence-corrected chi connectivity index (χ1v) is 29.5. The number of carbonyl (C=O) groups excluding carboxylic acids is 4. The van der Waals surface area contributed by atoms with Gasteiger partial charge >= 0.3 is 5.97 Å². The van der Waals surface area contributed by atoms with Gasteiger partial charge in [-0.15, -0.1) is 0 Å². The van der Waals surface area contributed by atoms with Crippen LogP contribution in [0.2, 0.25) is 0 Å². The molecule has 0 radical (unpaired) electrons. The van der Waals surface area contributed by atoms with E-state index in [2.05, 4.69) is 10.6 Å². The second-order valence-corrected chi connectivity index (χ2v) is 22.7. The molecule has 0 aliphatic carbocycles. The van der Waals surface area contributed by atoms with E-state index in [0.717, 1.165) is 12.1 Å². The predicted octanol–water partition coefficient (Wildman–Crippen LogP) is 3.58. The minimum absolute atomic E-state index is 0.101.